The first-order valence-corrected chi connectivity index (χ1v) is 7.72. The molecule has 22 heavy (non-hydrogen) atoms. The van der Waals surface area contributed by atoms with Crippen molar-refractivity contribution in [3.05, 3.63) is 62.1 Å². The van der Waals surface area contributed by atoms with E-state index in [1.54, 1.807) is 19.2 Å². The summed E-state index contributed by atoms with van der Waals surface area (Å²) in [5.41, 5.74) is 3.21. The Morgan fingerprint density at radius 2 is 2.05 bits per heavy atom. The van der Waals surface area contributed by atoms with Gasteiger partial charge in [0, 0.05) is 23.6 Å². The molecule has 1 aliphatic rings. The van der Waals surface area contributed by atoms with Gasteiger partial charge in [-0.15, -0.1) is 0 Å². The van der Waals surface area contributed by atoms with E-state index in [0.717, 1.165) is 24.3 Å². The predicted octanol–water partition coefficient (Wildman–Crippen LogP) is 3.93. The van der Waals surface area contributed by atoms with Gasteiger partial charge in [-0.25, -0.2) is 0 Å². The molecular formula is C16H15BrN2O3. The molecule has 0 unspecified atom stereocenters. The van der Waals surface area contributed by atoms with Crippen molar-refractivity contribution in [3.63, 3.8) is 0 Å². The number of hydrogen-bond acceptors (Lipinski definition) is 4. The van der Waals surface area contributed by atoms with Gasteiger partial charge in [0.15, 0.2) is 0 Å². The summed E-state index contributed by atoms with van der Waals surface area (Å²) >= 11 is 3.29. The quantitative estimate of drug-likeness (QED) is 0.613. The molecule has 0 fully saturated rings. The number of ether oxygens (including phenoxy) is 1. The number of fused-ring (bicyclic) bond motifs is 1. The lowest BCUT2D eigenvalue weighted by Gasteiger charge is -2.30. The van der Waals surface area contributed by atoms with Gasteiger partial charge in [-0.05, 0) is 41.8 Å². The van der Waals surface area contributed by atoms with E-state index in [2.05, 4.69) is 22.0 Å². The van der Waals surface area contributed by atoms with E-state index in [1.807, 2.05) is 23.1 Å². The zero-order chi connectivity index (χ0) is 15.7. The smallest absolute Gasteiger partial charge is 0.293 e. The van der Waals surface area contributed by atoms with Gasteiger partial charge in [0.25, 0.3) is 5.69 Å². The molecule has 0 amide bonds. The monoisotopic (exact) mass is 362 g/mol. The fourth-order valence-electron chi connectivity index (χ4n) is 2.78. The van der Waals surface area contributed by atoms with E-state index < -0.39 is 0 Å². The van der Waals surface area contributed by atoms with Gasteiger partial charge in [0.1, 0.15) is 11.4 Å². The van der Waals surface area contributed by atoms with Gasteiger partial charge < -0.3 is 9.64 Å². The molecule has 0 N–H and O–H groups in total. The van der Waals surface area contributed by atoms with E-state index in [0.29, 0.717) is 16.7 Å². The normalized spacial score (nSPS) is 13.6. The van der Waals surface area contributed by atoms with E-state index >= 15 is 0 Å². The first kappa shape index (κ1) is 14.8. The molecule has 1 aliphatic heterocycles. The molecule has 2 aromatic rings. The second kappa shape index (κ2) is 5.96. The largest absolute Gasteiger partial charge is 0.497 e. The summed E-state index contributed by atoms with van der Waals surface area (Å²) in [7, 11) is 1.64. The van der Waals surface area contributed by atoms with E-state index in [9.17, 15) is 10.1 Å². The van der Waals surface area contributed by atoms with Crippen molar-refractivity contribution in [2.45, 2.75) is 13.0 Å². The number of hydrogen-bond donors (Lipinski definition) is 0. The van der Waals surface area contributed by atoms with E-state index in [4.69, 9.17) is 4.74 Å². The van der Waals surface area contributed by atoms with Crippen LogP contribution in [0.3, 0.4) is 0 Å². The molecule has 0 saturated heterocycles. The fourth-order valence-corrected chi connectivity index (χ4v) is 3.13. The van der Waals surface area contributed by atoms with Gasteiger partial charge >= 0.3 is 0 Å². The zero-order valence-electron chi connectivity index (χ0n) is 12.1. The maximum Gasteiger partial charge on any atom is 0.293 e. The third-order valence-electron chi connectivity index (χ3n) is 3.90. The Balaban J connectivity index is 1.96. The Labute approximate surface area is 136 Å². The molecule has 5 nitrogen and oxygen atoms in total. The molecule has 1 heterocycles. The summed E-state index contributed by atoms with van der Waals surface area (Å²) < 4.78 is 5.98. The van der Waals surface area contributed by atoms with Crippen LogP contribution in [0.5, 0.6) is 5.75 Å². The van der Waals surface area contributed by atoms with Crippen LogP contribution in [0.25, 0.3) is 0 Å². The topological polar surface area (TPSA) is 55.6 Å². The van der Waals surface area contributed by atoms with Crippen LogP contribution in [0, 0.1) is 10.1 Å². The molecule has 2 aromatic carbocycles. The molecule has 0 atom stereocenters. The van der Waals surface area contributed by atoms with E-state index in [1.165, 1.54) is 5.56 Å². The van der Waals surface area contributed by atoms with Crippen molar-refractivity contribution in [2.24, 2.45) is 0 Å². The third kappa shape index (κ3) is 2.78. The van der Waals surface area contributed by atoms with Gasteiger partial charge in [-0.3, -0.25) is 10.1 Å². The number of rotatable bonds is 3. The molecule has 114 valence electrons. The van der Waals surface area contributed by atoms with Crippen molar-refractivity contribution < 1.29 is 9.66 Å². The molecule has 0 spiro atoms. The predicted molar refractivity (Wildman–Crippen MR) is 88.5 cm³/mol. The van der Waals surface area contributed by atoms with Crippen LogP contribution >= 0.6 is 15.9 Å². The van der Waals surface area contributed by atoms with Gasteiger partial charge in [-0.2, -0.15) is 0 Å². The highest BCUT2D eigenvalue weighted by Gasteiger charge is 2.23. The second-order valence-electron chi connectivity index (χ2n) is 5.20. The minimum absolute atomic E-state index is 0.126. The molecular weight excluding hydrogens is 348 g/mol. The molecule has 0 aromatic heterocycles. The standard InChI is InChI=1S/C16H15BrN2O3/c1-22-14-4-2-11-6-7-18(10-12(11)8-14)15-5-3-13(17)9-16(15)19(20)21/h2-5,8-9H,6-7,10H2,1H3. The summed E-state index contributed by atoms with van der Waals surface area (Å²) in [6.07, 6.45) is 0.868. The van der Waals surface area contributed by atoms with Crippen LogP contribution in [0.15, 0.2) is 40.9 Å². The number of nitro groups is 1. The molecule has 6 heteroatoms. The van der Waals surface area contributed by atoms with Crippen molar-refractivity contribution >= 4 is 27.3 Å². The third-order valence-corrected chi connectivity index (χ3v) is 4.39. The highest BCUT2D eigenvalue weighted by molar-refractivity contribution is 9.10. The highest BCUT2D eigenvalue weighted by atomic mass is 79.9. The Hall–Kier alpha value is -2.08. The zero-order valence-corrected chi connectivity index (χ0v) is 13.7. The van der Waals surface area contributed by atoms with Crippen molar-refractivity contribution in [1.29, 1.82) is 0 Å². The Morgan fingerprint density at radius 1 is 1.23 bits per heavy atom. The van der Waals surface area contributed by atoms with Gasteiger partial charge in [0.2, 0.25) is 0 Å². The van der Waals surface area contributed by atoms with Crippen LogP contribution in [-0.4, -0.2) is 18.6 Å². The lowest BCUT2D eigenvalue weighted by atomic mass is 9.99. The number of benzene rings is 2. The lowest BCUT2D eigenvalue weighted by Crippen LogP contribution is -2.30. The van der Waals surface area contributed by atoms with Crippen molar-refractivity contribution in [2.75, 3.05) is 18.6 Å². The second-order valence-corrected chi connectivity index (χ2v) is 6.11. The number of methoxy groups -OCH3 is 1. The Bertz CT molecular complexity index is 733. The summed E-state index contributed by atoms with van der Waals surface area (Å²) in [6.45, 7) is 1.41. The Morgan fingerprint density at radius 3 is 2.77 bits per heavy atom. The summed E-state index contributed by atoms with van der Waals surface area (Å²) in [5, 5.41) is 11.3. The van der Waals surface area contributed by atoms with Crippen molar-refractivity contribution in [3.8, 4) is 5.75 Å². The van der Waals surface area contributed by atoms with Gasteiger partial charge in [-0.1, -0.05) is 22.0 Å². The summed E-state index contributed by atoms with van der Waals surface area (Å²) in [4.78, 5) is 13.0. The number of halogens is 1. The summed E-state index contributed by atoms with van der Waals surface area (Å²) in [6, 6.07) is 11.2. The molecule has 0 radical (unpaired) electrons. The number of anilines is 1. The maximum absolute atomic E-state index is 11.3. The van der Waals surface area contributed by atoms with Crippen LogP contribution in [0.2, 0.25) is 0 Å². The highest BCUT2D eigenvalue weighted by Crippen LogP contribution is 2.34. The average Bonchev–Trinajstić information content (AvgIpc) is 2.53. The average molecular weight is 363 g/mol. The number of nitro benzene ring substituents is 1. The van der Waals surface area contributed by atoms with Gasteiger partial charge in [0.05, 0.1) is 12.0 Å². The van der Waals surface area contributed by atoms with Crippen LogP contribution in [0.4, 0.5) is 11.4 Å². The first-order chi connectivity index (χ1) is 10.6. The SMILES string of the molecule is COc1ccc2c(c1)CN(c1ccc(Br)cc1[N+](=O)[O-])CC2. The van der Waals surface area contributed by atoms with Crippen LogP contribution < -0.4 is 9.64 Å². The minimum Gasteiger partial charge on any atom is -0.497 e. The molecule has 0 aliphatic carbocycles. The molecule has 3 rings (SSSR count). The molecule has 0 bridgehead atoms. The van der Waals surface area contributed by atoms with E-state index in [-0.39, 0.29) is 10.6 Å². The minimum atomic E-state index is -0.332. The Kier molecular flexibility index (Phi) is 4.02. The van der Waals surface area contributed by atoms with Crippen LogP contribution in [0.1, 0.15) is 11.1 Å². The lowest BCUT2D eigenvalue weighted by molar-refractivity contribution is -0.384. The van der Waals surface area contributed by atoms with Crippen LogP contribution in [-0.2, 0) is 13.0 Å². The van der Waals surface area contributed by atoms with Crippen molar-refractivity contribution in [1.82, 2.24) is 0 Å². The summed E-state index contributed by atoms with van der Waals surface area (Å²) in [5.74, 6) is 0.811. The first-order valence-electron chi connectivity index (χ1n) is 6.93. The number of nitrogens with zero attached hydrogens (tertiary/aromatic N) is 2. The fraction of sp³-hybridized carbons (Fsp3) is 0.250. The maximum atomic E-state index is 11.3. The molecule has 0 saturated carbocycles.